The van der Waals surface area contributed by atoms with Gasteiger partial charge in [0.15, 0.2) is 0 Å². The van der Waals surface area contributed by atoms with Gasteiger partial charge < -0.3 is 5.11 Å². The molecule has 4 nitrogen and oxygen atoms in total. The lowest BCUT2D eigenvalue weighted by Gasteiger charge is -2.26. The number of benzene rings is 1. The van der Waals surface area contributed by atoms with E-state index in [1.54, 1.807) is 24.3 Å². The standard InChI is InChI=1S/C12H17NO3/c1-11(2)12(3,4)16-13(15-11)9-5-7-10(14)8-6-9/h5-8,14H,1-4H3. The molecule has 0 bridgehead atoms. The topological polar surface area (TPSA) is 41.9 Å². The molecule has 1 aromatic rings. The zero-order chi connectivity index (χ0) is 12.0. The number of aromatic hydroxyl groups is 1. The van der Waals surface area contributed by atoms with Gasteiger partial charge in [-0.2, -0.15) is 0 Å². The first-order valence-corrected chi connectivity index (χ1v) is 5.29. The third-order valence-corrected chi connectivity index (χ3v) is 3.13. The predicted molar refractivity (Wildman–Crippen MR) is 60.9 cm³/mol. The largest absolute Gasteiger partial charge is 0.508 e. The summed E-state index contributed by atoms with van der Waals surface area (Å²) in [6.07, 6.45) is 0. The smallest absolute Gasteiger partial charge is 0.124 e. The molecule has 0 unspecified atom stereocenters. The average Bonchev–Trinajstić information content (AvgIpc) is 2.37. The van der Waals surface area contributed by atoms with Gasteiger partial charge in [0.1, 0.15) is 17.0 Å². The summed E-state index contributed by atoms with van der Waals surface area (Å²) in [5, 5.41) is 10.6. The summed E-state index contributed by atoms with van der Waals surface area (Å²) >= 11 is 0. The van der Waals surface area contributed by atoms with Gasteiger partial charge >= 0.3 is 0 Å². The molecule has 0 spiro atoms. The maximum Gasteiger partial charge on any atom is 0.124 e. The molecule has 0 saturated carbocycles. The number of rotatable bonds is 1. The summed E-state index contributed by atoms with van der Waals surface area (Å²) in [7, 11) is 0. The van der Waals surface area contributed by atoms with E-state index in [1.165, 1.54) is 5.23 Å². The Hall–Kier alpha value is -1.26. The van der Waals surface area contributed by atoms with Gasteiger partial charge in [-0.3, -0.25) is 0 Å². The summed E-state index contributed by atoms with van der Waals surface area (Å²) in [6, 6.07) is 6.68. The first-order chi connectivity index (χ1) is 7.32. The summed E-state index contributed by atoms with van der Waals surface area (Å²) in [5.41, 5.74) is -0.0353. The normalized spacial score (nSPS) is 22.4. The molecule has 1 aliphatic heterocycles. The number of hydrogen-bond acceptors (Lipinski definition) is 4. The van der Waals surface area contributed by atoms with E-state index >= 15 is 0 Å². The highest BCUT2D eigenvalue weighted by molar-refractivity contribution is 5.45. The molecule has 1 heterocycles. The van der Waals surface area contributed by atoms with Crippen LogP contribution in [-0.4, -0.2) is 16.3 Å². The molecule has 88 valence electrons. The zero-order valence-electron chi connectivity index (χ0n) is 10.0. The first-order valence-electron chi connectivity index (χ1n) is 5.29. The van der Waals surface area contributed by atoms with Crippen molar-refractivity contribution in [2.24, 2.45) is 0 Å². The molecule has 4 heteroatoms. The highest BCUT2D eigenvalue weighted by Gasteiger charge is 2.50. The van der Waals surface area contributed by atoms with Gasteiger partial charge in [-0.15, -0.1) is 5.23 Å². The van der Waals surface area contributed by atoms with Crippen LogP contribution in [0.15, 0.2) is 24.3 Å². The minimum absolute atomic E-state index is 0.224. The van der Waals surface area contributed by atoms with Gasteiger partial charge in [-0.05, 0) is 52.0 Å². The SMILES string of the molecule is CC1(C)ON(c2ccc(O)cc2)OC1(C)C. The highest BCUT2D eigenvalue weighted by atomic mass is 17.0. The fraction of sp³-hybridized carbons (Fsp3) is 0.500. The maximum absolute atomic E-state index is 9.20. The molecule has 0 atom stereocenters. The zero-order valence-corrected chi connectivity index (χ0v) is 10.0. The fourth-order valence-corrected chi connectivity index (χ4v) is 1.33. The Morgan fingerprint density at radius 1 is 0.938 bits per heavy atom. The van der Waals surface area contributed by atoms with Crippen molar-refractivity contribution in [2.45, 2.75) is 38.9 Å². The molecule has 0 aliphatic carbocycles. The van der Waals surface area contributed by atoms with Gasteiger partial charge in [0.05, 0.1) is 5.69 Å². The van der Waals surface area contributed by atoms with Crippen molar-refractivity contribution in [1.29, 1.82) is 0 Å². The lowest BCUT2D eigenvalue weighted by molar-refractivity contribution is -0.0273. The second-order valence-electron chi connectivity index (χ2n) is 4.98. The summed E-state index contributed by atoms with van der Waals surface area (Å²) in [6.45, 7) is 7.92. The van der Waals surface area contributed by atoms with Gasteiger partial charge in [-0.1, -0.05) is 0 Å². The van der Waals surface area contributed by atoms with Gasteiger partial charge in [0, 0.05) is 0 Å². The van der Waals surface area contributed by atoms with Crippen LogP contribution < -0.4 is 5.23 Å². The lowest BCUT2D eigenvalue weighted by atomic mass is 9.90. The van der Waals surface area contributed by atoms with Crippen molar-refractivity contribution in [3.05, 3.63) is 24.3 Å². The van der Waals surface area contributed by atoms with Crippen molar-refractivity contribution in [3.63, 3.8) is 0 Å². The van der Waals surface area contributed by atoms with Crippen LogP contribution in [0.2, 0.25) is 0 Å². The first kappa shape index (κ1) is 11.2. The van der Waals surface area contributed by atoms with Crippen LogP contribution in [0, 0.1) is 0 Å². The van der Waals surface area contributed by atoms with Crippen LogP contribution in [0.1, 0.15) is 27.7 Å². The van der Waals surface area contributed by atoms with Crippen LogP contribution in [0.5, 0.6) is 5.75 Å². The molecule has 2 rings (SSSR count). The van der Waals surface area contributed by atoms with Gasteiger partial charge in [-0.25, -0.2) is 9.68 Å². The Morgan fingerprint density at radius 3 is 1.81 bits per heavy atom. The van der Waals surface area contributed by atoms with Gasteiger partial charge in [0.2, 0.25) is 0 Å². The maximum atomic E-state index is 9.20. The molecule has 0 aromatic heterocycles. The van der Waals surface area contributed by atoms with E-state index in [0.717, 1.165) is 5.69 Å². The summed E-state index contributed by atoms with van der Waals surface area (Å²) in [5.74, 6) is 0.224. The predicted octanol–water partition coefficient (Wildman–Crippen LogP) is 2.63. The molecule has 1 N–H and O–H groups in total. The molecular formula is C12H17NO3. The summed E-state index contributed by atoms with van der Waals surface area (Å²) < 4.78 is 0. The molecule has 0 amide bonds. The van der Waals surface area contributed by atoms with E-state index in [2.05, 4.69) is 0 Å². The van der Waals surface area contributed by atoms with Crippen LogP contribution in [0.25, 0.3) is 0 Å². The molecule has 1 aromatic carbocycles. The van der Waals surface area contributed by atoms with E-state index in [0.29, 0.717) is 0 Å². The number of hydrogen-bond donors (Lipinski definition) is 1. The molecular weight excluding hydrogens is 206 g/mol. The quantitative estimate of drug-likeness (QED) is 0.794. The molecule has 1 fully saturated rings. The monoisotopic (exact) mass is 223 g/mol. The van der Waals surface area contributed by atoms with E-state index in [4.69, 9.17) is 9.68 Å². The van der Waals surface area contributed by atoms with E-state index in [9.17, 15) is 5.11 Å². The molecule has 1 aliphatic rings. The van der Waals surface area contributed by atoms with Crippen molar-refractivity contribution in [3.8, 4) is 5.75 Å². The van der Waals surface area contributed by atoms with E-state index in [1.807, 2.05) is 27.7 Å². The van der Waals surface area contributed by atoms with E-state index in [-0.39, 0.29) is 5.75 Å². The highest BCUT2D eigenvalue weighted by Crippen LogP contribution is 2.39. The van der Waals surface area contributed by atoms with Crippen LogP contribution in [-0.2, 0) is 9.68 Å². The van der Waals surface area contributed by atoms with Crippen molar-refractivity contribution in [1.82, 2.24) is 0 Å². The fourth-order valence-electron chi connectivity index (χ4n) is 1.33. The Morgan fingerprint density at radius 2 is 1.38 bits per heavy atom. The van der Waals surface area contributed by atoms with Gasteiger partial charge in [0.25, 0.3) is 0 Å². The van der Waals surface area contributed by atoms with Crippen LogP contribution in [0.3, 0.4) is 0 Å². The third kappa shape index (κ3) is 1.74. The second kappa shape index (κ2) is 3.37. The minimum Gasteiger partial charge on any atom is -0.508 e. The van der Waals surface area contributed by atoms with E-state index < -0.39 is 11.2 Å². The van der Waals surface area contributed by atoms with Crippen LogP contribution >= 0.6 is 0 Å². The number of nitrogens with zero attached hydrogens (tertiary/aromatic N) is 1. The Kier molecular flexibility index (Phi) is 2.36. The van der Waals surface area contributed by atoms with Crippen molar-refractivity contribution < 1.29 is 14.8 Å². The Balaban J connectivity index is 2.23. The molecule has 16 heavy (non-hydrogen) atoms. The average molecular weight is 223 g/mol. The lowest BCUT2D eigenvalue weighted by Crippen LogP contribution is -2.41. The summed E-state index contributed by atoms with van der Waals surface area (Å²) in [4.78, 5) is 11.4. The number of anilines is 1. The molecule has 0 radical (unpaired) electrons. The molecule has 1 saturated heterocycles. The number of phenols is 1. The Bertz CT molecular complexity index is 368. The third-order valence-electron chi connectivity index (χ3n) is 3.13. The minimum atomic E-state index is -0.398. The second-order valence-corrected chi connectivity index (χ2v) is 4.98. The van der Waals surface area contributed by atoms with Crippen molar-refractivity contribution in [2.75, 3.05) is 5.23 Å². The van der Waals surface area contributed by atoms with Crippen LogP contribution in [0.4, 0.5) is 5.69 Å². The van der Waals surface area contributed by atoms with Crippen molar-refractivity contribution >= 4 is 5.69 Å². The Labute approximate surface area is 95.3 Å². The number of phenolic OH excluding ortho intramolecular Hbond substituents is 1.